The maximum absolute atomic E-state index is 12.9. The number of hydrogen-bond acceptors (Lipinski definition) is 3. The smallest absolute Gasteiger partial charge is 0.224 e. The largest absolute Gasteiger partial charge is 0.489 e. The van der Waals surface area contributed by atoms with Crippen LogP contribution in [0.25, 0.3) is 0 Å². The first kappa shape index (κ1) is 18.6. The Morgan fingerprint density at radius 1 is 1.07 bits per heavy atom. The monoisotopic (exact) mass is 364 g/mol. The number of hydrogen-bond donors (Lipinski definition) is 1. The molecule has 1 heterocycles. The number of benzene rings is 2. The number of carbonyl (C=O) groups is 1. The van der Waals surface area contributed by atoms with Crippen molar-refractivity contribution < 1.29 is 13.9 Å². The van der Waals surface area contributed by atoms with Gasteiger partial charge in [-0.05, 0) is 48.4 Å². The molecule has 3 rings (SSSR count). The minimum atomic E-state index is -0.307. The molecule has 138 valence electrons. The van der Waals surface area contributed by atoms with Crippen LogP contribution in [0.5, 0.6) is 5.75 Å². The fourth-order valence-corrected chi connectivity index (χ4v) is 2.67. The predicted octanol–water partition coefficient (Wildman–Crippen LogP) is 4.22. The SMILES string of the molecule is C[C@@H](NC(=O)Cc1ccc(F)cc1)c1ccc(OCc2cccnc2)cc1. The molecule has 4 nitrogen and oxygen atoms in total. The molecule has 0 fully saturated rings. The van der Waals surface area contributed by atoms with E-state index in [2.05, 4.69) is 10.3 Å². The molecule has 0 aliphatic rings. The second-order valence-electron chi connectivity index (χ2n) is 6.31. The molecule has 0 aliphatic heterocycles. The highest BCUT2D eigenvalue weighted by atomic mass is 19.1. The van der Waals surface area contributed by atoms with Crippen molar-refractivity contribution in [1.82, 2.24) is 10.3 Å². The first-order valence-corrected chi connectivity index (χ1v) is 8.75. The van der Waals surface area contributed by atoms with Crippen molar-refractivity contribution in [2.75, 3.05) is 0 Å². The summed E-state index contributed by atoms with van der Waals surface area (Å²) in [7, 11) is 0. The van der Waals surface area contributed by atoms with Crippen LogP contribution in [0.2, 0.25) is 0 Å². The van der Waals surface area contributed by atoms with Crippen molar-refractivity contribution in [3.63, 3.8) is 0 Å². The third-order valence-electron chi connectivity index (χ3n) is 4.16. The minimum absolute atomic E-state index is 0.106. The average Bonchev–Trinajstić information content (AvgIpc) is 2.69. The number of aromatic nitrogens is 1. The molecule has 0 unspecified atom stereocenters. The Morgan fingerprint density at radius 2 is 1.81 bits per heavy atom. The zero-order valence-corrected chi connectivity index (χ0v) is 15.1. The molecule has 1 aromatic heterocycles. The van der Waals surface area contributed by atoms with Gasteiger partial charge < -0.3 is 10.1 Å². The van der Waals surface area contributed by atoms with Gasteiger partial charge in [0.1, 0.15) is 18.2 Å². The van der Waals surface area contributed by atoms with E-state index in [0.717, 1.165) is 22.4 Å². The Balaban J connectivity index is 1.51. The fourth-order valence-electron chi connectivity index (χ4n) is 2.67. The molecule has 27 heavy (non-hydrogen) atoms. The summed E-state index contributed by atoms with van der Waals surface area (Å²) in [5.41, 5.74) is 2.76. The molecule has 0 spiro atoms. The molecule has 1 atom stereocenters. The molecule has 1 N–H and O–H groups in total. The Morgan fingerprint density at radius 3 is 2.48 bits per heavy atom. The number of carbonyl (C=O) groups excluding carboxylic acids is 1. The fraction of sp³-hybridized carbons (Fsp3) is 0.182. The number of amides is 1. The summed E-state index contributed by atoms with van der Waals surface area (Å²) in [6.45, 7) is 2.38. The van der Waals surface area contributed by atoms with Crippen molar-refractivity contribution in [3.05, 3.63) is 95.6 Å². The third-order valence-corrected chi connectivity index (χ3v) is 4.16. The number of nitrogens with zero attached hydrogens (tertiary/aromatic N) is 1. The third kappa shape index (κ3) is 5.64. The lowest BCUT2D eigenvalue weighted by Crippen LogP contribution is -2.28. The highest BCUT2D eigenvalue weighted by Crippen LogP contribution is 2.19. The van der Waals surface area contributed by atoms with Gasteiger partial charge in [-0.3, -0.25) is 9.78 Å². The van der Waals surface area contributed by atoms with Gasteiger partial charge in [0.25, 0.3) is 0 Å². The van der Waals surface area contributed by atoms with E-state index < -0.39 is 0 Å². The first-order chi connectivity index (χ1) is 13.1. The van der Waals surface area contributed by atoms with Crippen LogP contribution in [-0.2, 0) is 17.8 Å². The minimum Gasteiger partial charge on any atom is -0.489 e. The van der Waals surface area contributed by atoms with Crippen molar-refractivity contribution in [1.29, 1.82) is 0 Å². The predicted molar refractivity (Wildman–Crippen MR) is 102 cm³/mol. The standard InChI is InChI=1S/C22H21FN2O2/c1-16(25-22(26)13-17-4-8-20(23)9-5-17)19-6-10-21(11-7-19)27-15-18-3-2-12-24-14-18/h2-12,14,16H,13,15H2,1H3,(H,25,26)/t16-/m1/s1. The molecule has 0 saturated carbocycles. The van der Waals surface area contributed by atoms with E-state index in [0.29, 0.717) is 6.61 Å². The summed E-state index contributed by atoms with van der Waals surface area (Å²) < 4.78 is 18.7. The van der Waals surface area contributed by atoms with E-state index in [4.69, 9.17) is 4.74 Å². The lowest BCUT2D eigenvalue weighted by Gasteiger charge is -2.15. The summed E-state index contributed by atoms with van der Waals surface area (Å²) in [5, 5.41) is 2.95. The Kier molecular flexibility index (Phi) is 6.15. The second-order valence-corrected chi connectivity index (χ2v) is 6.31. The van der Waals surface area contributed by atoms with E-state index in [-0.39, 0.29) is 24.2 Å². The van der Waals surface area contributed by atoms with Crippen molar-refractivity contribution in [2.24, 2.45) is 0 Å². The summed E-state index contributed by atoms with van der Waals surface area (Å²) in [5.74, 6) is 0.344. The summed E-state index contributed by atoms with van der Waals surface area (Å²) in [4.78, 5) is 16.2. The molecule has 5 heteroatoms. The molecular formula is C22H21FN2O2. The maximum Gasteiger partial charge on any atom is 0.224 e. The van der Waals surface area contributed by atoms with Gasteiger partial charge in [0.2, 0.25) is 5.91 Å². The lowest BCUT2D eigenvalue weighted by molar-refractivity contribution is -0.121. The van der Waals surface area contributed by atoms with Gasteiger partial charge in [-0.15, -0.1) is 0 Å². The molecule has 0 bridgehead atoms. The van der Waals surface area contributed by atoms with Crippen molar-refractivity contribution in [2.45, 2.75) is 26.0 Å². The van der Waals surface area contributed by atoms with E-state index >= 15 is 0 Å². The average molecular weight is 364 g/mol. The quantitative estimate of drug-likeness (QED) is 0.683. The van der Waals surface area contributed by atoms with Gasteiger partial charge in [0.05, 0.1) is 12.5 Å². The Labute approximate surface area is 158 Å². The van der Waals surface area contributed by atoms with Crippen LogP contribution in [0, 0.1) is 5.82 Å². The van der Waals surface area contributed by atoms with Crippen molar-refractivity contribution in [3.8, 4) is 5.75 Å². The van der Waals surface area contributed by atoms with Gasteiger partial charge in [0.15, 0.2) is 0 Å². The van der Waals surface area contributed by atoms with Gasteiger partial charge in [-0.25, -0.2) is 4.39 Å². The highest BCUT2D eigenvalue weighted by molar-refractivity contribution is 5.79. The number of ether oxygens (including phenoxy) is 1. The first-order valence-electron chi connectivity index (χ1n) is 8.75. The van der Waals surface area contributed by atoms with E-state index in [9.17, 15) is 9.18 Å². The number of nitrogens with one attached hydrogen (secondary N) is 1. The number of rotatable bonds is 7. The maximum atomic E-state index is 12.9. The molecule has 0 aliphatic carbocycles. The van der Waals surface area contributed by atoms with Gasteiger partial charge >= 0.3 is 0 Å². The molecule has 0 radical (unpaired) electrons. The van der Waals surface area contributed by atoms with Gasteiger partial charge in [0, 0.05) is 18.0 Å². The zero-order chi connectivity index (χ0) is 19.1. The van der Waals surface area contributed by atoms with Crippen LogP contribution in [0.4, 0.5) is 4.39 Å². The lowest BCUT2D eigenvalue weighted by atomic mass is 10.1. The zero-order valence-electron chi connectivity index (χ0n) is 15.1. The molecular weight excluding hydrogens is 343 g/mol. The van der Waals surface area contributed by atoms with Crippen LogP contribution in [0.1, 0.15) is 29.7 Å². The molecule has 2 aromatic carbocycles. The molecule has 1 amide bonds. The van der Waals surface area contributed by atoms with Crippen molar-refractivity contribution >= 4 is 5.91 Å². The Hall–Kier alpha value is -3.21. The Bertz CT molecular complexity index is 865. The van der Waals surface area contributed by atoms with Crippen LogP contribution >= 0.6 is 0 Å². The van der Waals surface area contributed by atoms with Crippen LogP contribution in [0.3, 0.4) is 0 Å². The van der Waals surface area contributed by atoms with Crippen LogP contribution < -0.4 is 10.1 Å². The summed E-state index contributed by atoms with van der Waals surface area (Å²) in [6.07, 6.45) is 3.72. The number of halogens is 1. The second kappa shape index (κ2) is 8.94. The van der Waals surface area contributed by atoms with Crippen LogP contribution in [-0.4, -0.2) is 10.9 Å². The van der Waals surface area contributed by atoms with Gasteiger partial charge in [-0.1, -0.05) is 30.3 Å². The van der Waals surface area contributed by atoms with Gasteiger partial charge in [-0.2, -0.15) is 0 Å². The molecule has 0 saturated heterocycles. The highest BCUT2D eigenvalue weighted by Gasteiger charge is 2.10. The van der Waals surface area contributed by atoms with E-state index in [1.165, 1.54) is 12.1 Å². The summed E-state index contributed by atoms with van der Waals surface area (Å²) in [6, 6.07) is 17.3. The topological polar surface area (TPSA) is 51.2 Å². The van der Waals surface area contributed by atoms with Crippen LogP contribution in [0.15, 0.2) is 73.1 Å². The normalized spacial score (nSPS) is 11.6. The van der Waals surface area contributed by atoms with E-state index in [1.54, 1.807) is 24.5 Å². The molecule has 3 aromatic rings. The van der Waals surface area contributed by atoms with E-state index in [1.807, 2.05) is 43.3 Å². The number of pyridine rings is 1. The summed E-state index contributed by atoms with van der Waals surface area (Å²) >= 11 is 0.